The number of rotatable bonds is 2. The predicted molar refractivity (Wildman–Crippen MR) is 72.5 cm³/mol. The molecular formula is C15H16FNO3. The van der Waals surface area contributed by atoms with Crippen LogP contribution in [0.25, 0.3) is 0 Å². The Labute approximate surface area is 116 Å². The second-order valence-electron chi connectivity index (χ2n) is 4.61. The van der Waals surface area contributed by atoms with Gasteiger partial charge in [0.15, 0.2) is 0 Å². The SMILES string of the molecule is CC1OCCC1C(=O)Nc1ccc(F)cc1C#CCO. The van der Waals surface area contributed by atoms with Gasteiger partial charge in [0.2, 0.25) is 5.91 Å². The summed E-state index contributed by atoms with van der Waals surface area (Å²) in [4.78, 5) is 12.2. The zero-order chi connectivity index (χ0) is 14.5. The second kappa shape index (κ2) is 6.51. The van der Waals surface area contributed by atoms with Crippen molar-refractivity contribution < 1.29 is 19.0 Å². The summed E-state index contributed by atoms with van der Waals surface area (Å²) in [6.45, 7) is 2.10. The number of nitrogens with one attached hydrogen (secondary N) is 1. The number of carbonyl (C=O) groups is 1. The number of carbonyl (C=O) groups excluding carboxylic acids is 1. The van der Waals surface area contributed by atoms with Crippen molar-refractivity contribution >= 4 is 11.6 Å². The Morgan fingerprint density at radius 2 is 2.40 bits per heavy atom. The Kier molecular flexibility index (Phi) is 4.72. The summed E-state index contributed by atoms with van der Waals surface area (Å²) in [5.41, 5.74) is 0.787. The van der Waals surface area contributed by atoms with Crippen LogP contribution in [0.3, 0.4) is 0 Å². The van der Waals surface area contributed by atoms with Gasteiger partial charge in [-0.25, -0.2) is 4.39 Å². The lowest BCUT2D eigenvalue weighted by molar-refractivity contribution is -0.121. The molecule has 1 aliphatic rings. The number of hydrogen-bond donors (Lipinski definition) is 2. The van der Waals surface area contributed by atoms with Crippen molar-refractivity contribution in [3.8, 4) is 11.8 Å². The first kappa shape index (κ1) is 14.5. The minimum Gasteiger partial charge on any atom is -0.384 e. The number of anilines is 1. The standard InChI is InChI=1S/C15H16FNO3/c1-10-13(6-8-20-10)15(19)17-14-5-4-12(16)9-11(14)3-2-7-18/h4-5,9-10,13,18H,6-8H2,1H3,(H,17,19). The van der Waals surface area contributed by atoms with Gasteiger partial charge in [-0.2, -0.15) is 0 Å². The van der Waals surface area contributed by atoms with Crippen LogP contribution < -0.4 is 5.32 Å². The fourth-order valence-corrected chi connectivity index (χ4v) is 2.17. The summed E-state index contributed by atoms with van der Waals surface area (Å²) < 4.78 is 18.6. The first-order chi connectivity index (χ1) is 9.61. The van der Waals surface area contributed by atoms with Gasteiger partial charge in [-0.3, -0.25) is 4.79 Å². The lowest BCUT2D eigenvalue weighted by Gasteiger charge is -2.15. The highest BCUT2D eigenvalue weighted by atomic mass is 19.1. The van der Waals surface area contributed by atoms with Crippen molar-refractivity contribution in [1.29, 1.82) is 0 Å². The number of aliphatic hydroxyl groups is 1. The van der Waals surface area contributed by atoms with Crippen molar-refractivity contribution in [1.82, 2.24) is 0 Å². The molecule has 1 aromatic carbocycles. The number of halogens is 1. The molecule has 2 atom stereocenters. The maximum absolute atomic E-state index is 13.2. The van der Waals surface area contributed by atoms with Gasteiger partial charge >= 0.3 is 0 Å². The Hall–Kier alpha value is -1.90. The number of ether oxygens (including phenoxy) is 1. The van der Waals surface area contributed by atoms with Gasteiger partial charge in [-0.05, 0) is 31.5 Å². The third kappa shape index (κ3) is 3.35. The van der Waals surface area contributed by atoms with Crippen LogP contribution in [-0.4, -0.2) is 30.3 Å². The van der Waals surface area contributed by atoms with Gasteiger partial charge in [0.25, 0.3) is 0 Å². The van der Waals surface area contributed by atoms with Gasteiger partial charge in [-0.1, -0.05) is 11.8 Å². The average molecular weight is 277 g/mol. The summed E-state index contributed by atoms with van der Waals surface area (Å²) in [6, 6.07) is 3.95. The second-order valence-corrected chi connectivity index (χ2v) is 4.61. The highest BCUT2D eigenvalue weighted by Crippen LogP contribution is 2.23. The molecule has 1 aliphatic heterocycles. The van der Waals surface area contributed by atoms with E-state index >= 15 is 0 Å². The van der Waals surface area contributed by atoms with Crippen LogP contribution in [0, 0.1) is 23.6 Å². The summed E-state index contributed by atoms with van der Waals surface area (Å²) in [5, 5.41) is 11.5. The summed E-state index contributed by atoms with van der Waals surface area (Å²) in [5.74, 6) is 4.26. The zero-order valence-corrected chi connectivity index (χ0v) is 11.1. The quantitative estimate of drug-likeness (QED) is 0.806. The van der Waals surface area contributed by atoms with Crippen LogP contribution in [0.15, 0.2) is 18.2 Å². The monoisotopic (exact) mass is 277 g/mol. The van der Waals surface area contributed by atoms with Gasteiger partial charge in [-0.15, -0.1) is 0 Å². The molecule has 0 spiro atoms. The number of benzene rings is 1. The Balaban J connectivity index is 2.18. The fraction of sp³-hybridized carbons (Fsp3) is 0.400. The molecule has 106 valence electrons. The van der Waals surface area contributed by atoms with E-state index < -0.39 is 5.82 Å². The lowest BCUT2D eigenvalue weighted by atomic mass is 10.0. The molecule has 1 saturated heterocycles. The van der Waals surface area contributed by atoms with E-state index in [1.807, 2.05) is 6.92 Å². The van der Waals surface area contributed by atoms with Gasteiger partial charge in [0.05, 0.1) is 23.3 Å². The maximum Gasteiger partial charge on any atom is 0.230 e. The summed E-state index contributed by atoms with van der Waals surface area (Å²) >= 11 is 0. The molecule has 0 radical (unpaired) electrons. The molecule has 0 aliphatic carbocycles. The van der Waals surface area contributed by atoms with Crippen LogP contribution >= 0.6 is 0 Å². The van der Waals surface area contributed by atoms with Crippen LogP contribution in [-0.2, 0) is 9.53 Å². The topological polar surface area (TPSA) is 58.6 Å². The normalized spacial score (nSPS) is 21.1. The third-order valence-corrected chi connectivity index (χ3v) is 3.25. The average Bonchev–Trinajstić information content (AvgIpc) is 2.85. The maximum atomic E-state index is 13.2. The summed E-state index contributed by atoms with van der Waals surface area (Å²) in [7, 11) is 0. The van der Waals surface area contributed by atoms with Gasteiger partial charge in [0, 0.05) is 6.61 Å². The Morgan fingerprint density at radius 3 is 3.05 bits per heavy atom. The number of aliphatic hydroxyl groups excluding tert-OH is 1. The number of amides is 1. The van der Waals surface area contributed by atoms with Crippen LogP contribution in [0.2, 0.25) is 0 Å². The molecule has 1 aromatic rings. The molecular weight excluding hydrogens is 261 g/mol. The molecule has 0 aromatic heterocycles. The predicted octanol–water partition coefficient (Wildman–Crippen LogP) is 1.53. The molecule has 0 saturated carbocycles. The lowest BCUT2D eigenvalue weighted by Crippen LogP contribution is -2.28. The Morgan fingerprint density at radius 1 is 1.60 bits per heavy atom. The number of hydrogen-bond acceptors (Lipinski definition) is 3. The van der Waals surface area contributed by atoms with Crippen molar-refractivity contribution in [2.45, 2.75) is 19.4 Å². The molecule has 5 heteroatoms. The van der Waals surface area contributed by atoms with Crippen molar-refractivity contribution in [2.75, 3.05) is 18.5 Å². The van der Waals surface area contributed by atoms with E-state index in [1.165, 1.54) is 18.2 Å². The molecule has 4 nitrogen and oxygen atoms in total. The van der Waals surface area contributed by atoms with Crippen molar-refractivity contribution in [3.63, 3.8) is 0 Å². The summed E-state index contributed by atoms with van der Waals surface area (Å²) in [6.07, 6.45) is 0.550. The first-order valence-corrected chi connectivity index (χ1v) is 6.43. The largest absolute Gasteiger partial charge is 0.384 e. The molecule has 2 rings (SSSR count). The smallest absolute Gasteiger partial charge is 0.230 e. The van der Waals surface area contributed by atoms with E-state index in [1.54, 1.807) is 0 Å². The molecule has 20 heavy (non-hydrogen) atoms. The van der Waals surface area contributed by atoms with Gasteiger partial charge in [0.1, 0.15) is 12.4 Å². The molecule has 1 fully saturated rings. The van der Waals surface area contributed by atoms with E-state index in [-0.39, 0.29) is 24.5 Å². The van der Waals surface area contributed by atoms with Crippen LogP contribution in [0.5, 0.6) is 0 Å². The highest BCUT2D eigenvalue weighted by Gasteiger charge is 2.30. The minimum absolute atomic E-state index is 0.123. The van der Waals surface area contributed by atoms with Crippen molar-refractivity contribution in [3.05, 3.63) is 29.6 Å². The minimum atomic E-state index is -0.442. The van der Waals surface area contributed by atoms with E-state index in [2.05, 4.69) is 17.2 Å². The third-order valence-electron chi connectivity index (χ3n) is 3.25. The van der Waals surface area contributed by atoms with Gasteiger partial charge < -0.3 is 15.2 Å². The van der Waals surface area contributed by atoms with E-state index in [0.29, 0.717) is 24.3 Å². The van der Waals surface area contributed by atoms with E-state index in [0.717, 1.165) is 0 Å². The fourth-order valence-electron chi connectivity index (χ4n) is 2.17. The van der Waals surface area contributed by atoms with E-state index in [4.69, 9.17) is 9.84 Å². The zero-order valence-electron chi connectivity index (χ0n) is 11.1. The molecule has 0 bridgehead atoms. The Bertz CT molecular complexity index is 562. The molecule has 2 N–H and O–H groups in total. The van der Waals surface area contributed by atoms with Crippen LogP contribution in [0.4, 0.5) is 10.1 Å². The molecule has 2 unspecified atom stereocenters. The van der Waals surface area contributed by atoms with Crippen molar-refractivity contribution in [2.24, 2.45) is 5.92 Å². The van der Waals surface area contributed by atoms with E-state index in [9.17, 15) is 9.18 Å². The first-order valence-electron chi connectivity index (χ1n) is 6.43. The molecule has 1 heterocycles. The van der Waals surface area contributed by atoms with Crippen LogP contribution in [0.1, 0.15) is 18.9 Å². The highest BCUT2D eigenvalue weighted by molar-refractivity contribution is 5.94. The molecule has 1 amide bonds.